The highest BCUT2D eigenvalue weighted by Crippen LogP contribution is 2.33. The maximum Gasteiger partial charge on any atom is 0.266 e. The number of carbonyl (C=O) groups excluding carboxylic acids is 2. The molecule has 0 atom stereocenters. The molecular weight excluding hydrogens is 482 g/mol. The summed E-state index contributed by atoms with van der Waals surface area (Å²) in [5.41, 5.74) is 6.17. The van der Waals surface area contributed by atoms with Crippen LogP contribution in [0.3, 0.4) is 0 Å². The second-order valence-electron chi connectivity index (χ2n) is 7.06. The van der Waals surface area contributed by atoms with Gasteiger partial charge in [0, 0.05) is 24.0 Å². The summed E-state index contributed by atoms with van der Waals surface area (Å²) in [5.74, 6) is -0.280. The lowest BCUT2D eigenvalue weighted by Crippen LogP contribution is -2.46. The van der Waals surface area contributed by atoms with Crippen molar-refractivity contribution < 1.29 is 9.59 Å². The van der Waals surface area contributed by atoms with E-state index in [1.807, 2.05) is 53.5 Å². The molecule has 0 saturated carbocycles. The number of anilines is 1. The number of hydrogen-bond acceptors (Lipinski definition) is 5. The van der Waals surface area contributed by atoms with E-state index in [0.717, 1.165) is 35.1 Å². The molecule has 2 aliphatic heterocycles. The van der Waals surface area contributed by atoms with Gasteiger partial charge in [-0.1, -0.05) is 70.2 Å². The van der Waals surface area contributed by atoms with Crippen LogP contribution in [0.4, 0.5) is 5.69 Å². The Bertz CT molecular complexity index is 1040. The van der Waals surface area contributed by atoms with E-state index in [2.05, 4.69) is 27.4 Å². The van der Waals surface area contributed by atoms with Crippen LogP contribution in [-0.4, -0.2) is 34.1 Å². The van der Waals surface area contributed by atoms with Crippen LogP contribution >= 0.6 is 39.9 Å². The number of hydrogen-bond donors (Lipinski definition) is 1. The fourth-order valence-corrected chi connectivity index (χ4v) is 5.24. The van der Waals surface area contributed by atoms with Gasteiger partial charge in [-0.3, -0.25) is 24.9 Å². The third-order valence-corrected chi connectivity index (χ3v) is 6.82. The van der Waals surface area contributed by atoms with Crippen LogP contribution in [0.25, 0.3) is 6.08 Å². The van der Waals surface area contributed by atoms with E-state index in [1.54, 1.807) is 0 Å². The highest BCUT2D eigenvalue weighted by molar-refractivity contribution is 9.10. The van der Waals surface area contributed by atoms with Gasteiger partial charge in [-0.25, -0.2) is 0 Å². The number of thioether (sulfide) groups is 1. The van der Waals surface area contributed by atoms with Crippen LogP contribution in [0.5, 0.6) is 0 Å². The summed E-state index contributed by atoms with van der Waals surface area (Å²) in [4.78, 5) is 27.4. The molecule has 1 N–H and O–H groups in total. The molecule has 2 aliphatic rings. The maximum absolute atomic E-state index is 12.8. The standard InChI is InChI=1S/C22H20BrN3O2S2/c23-17-8-3-5-15(13-17)14-19-21(28)25(22(29)30-19)12-10-20(27)24-26-11-4-7-16-6-1-2-9-18(16)26/h1-3,5-6,8-9,13-14H,4,7,10-12H2,(H,24,27). The van der Waals surface area contributed by atoms with Crippen molar-refractivity contribution in [2.24, 2.45) is 0 Å². The molecule has 2 aromatic rings. The van der Waals surface area contributed by atoms with Crippen LogP contribution in [0.2, 0.25) is 0 Å². The predicted octanol–water partition coefficient (Wildman–Crippen LogP) is 4.52. The fraction of sp³-hybridized carbons (Fsp3) is 0.227. The fourth-order valence-electron chi connectivity index (χ4n) is 3.51. The molecule has 2 amide bonds. The molecule has 2 heterocycles. The topological polar surface area (TPSA) is 52.7 Å². The molecule has 154 valence electrons. The van der Waals surface area contributed by atoms with Gasteiger partial charge in [-0.05, 0) is 48.2 Å². The minimum Gasteiger partial charge on any atom is -0.292 e. The Labute approximate surface area is 193 Å². The number of nitrogens with zero attached hydrogens (tertiary/aromatic N) is 2. The number of fused-ring (bicyclic) bond motifs is 1. The van der Waals surface area contributed by atoms with E-state index in [0.29, 0.717) is 9.23 Å². The summed E-state index contributed by atoms with van der Waals surface area (Å²) < 4.78 is 1.43. The number of amides is 2. The van der Waals surface area contributed by atoms with Crippen LogP contribution in [0.15, 0.2) is 57.9 Å². The Morgan fingerprint density at radius 1 is 1.23 bits per heavy atom. The number of aryl methyl sites for hydroxylation is 1. The van der Waals surface area contributed by atoms with Gasteiger partial charge < -0.3 is 0 Å². The molecule has 0 aliphatic carbocycles. The molecule has 8 heteroatoms. The quantitative estimate of drug-likeness (QED) is 0.481. The molecule has 0 radical (unpaired) electrons. The summed E-state index contributed by atoms with van der Waals surface area (Å²) in [6.45, 7) is 1.04. The normalized spacial score (nSPS) is 17.4. The molecule has 1 fully saturated rings. The highest BCUT2D eigenvalue weighted by Gasteiger charge is 2.32. The van der Waals surface area contributed by atoms with Crippen molar-refractivity contribution in [1.29, 1.82) is 0 Å². The van der Waals surface area contributed by atoms with E-state index < -0.39 is 0 Å². The van der Waals surface area contributed by atoms with Crippen molar-refractivity contribution in [3.8, 4) is 0 Å². The van der Waals surface area contributed by atoms with E-state index in [4.69, 9.17) is 12.2 Å². The van der Waals surface area contributed by atoms with Gasteiger partial charge in [-0.2, -0.15) is 0 Å². The largest absolute Gasteiger partial charge is 0.292 e. The first-order valence-corrected chi connectivity index (χ1v) is 11.7. The zero-order valence-electron chi connectivity index (χ0n) is 16.1. The Morgan fingerprint density at radius 2 is 2.07 bits per heavy atom. The summed E-state index contributed by atoms with van der Waals surface area (Å²) in [6.07, 6.45) is 4.03. The number of thiocarbonyl (C=S) groups is 1. The Morgan fingerprint density at radius 3 is 2.90 bits per heavy atom. The van der Waals surface area contributed by atoms with Crippen LogP contribution in [0.1, 0.15) is 24.0 Å². The monoisotopic (exact) mass is 501 g/mol. The first-order valence-electron chi connectivity index (χ1n) is 9.67. The van der Waals surface area contributed by atoms with Crippen molar-refractivity contribution in [3.05, 3.63) is 69.0 Å². The second kappa shape index (κ2) is 9.32. The van der Waals surface area contributed by atoms with Crippen molar-refractivity contribution in [2.75, 3.05) is 18.1 Å². The smallest absolute Gasteiger partial charge is 0.266 e. The number of hydrazine groups is 1. The van der Waals surface area contributed by atoms with Crippen LogP contribution in [-0.2, 0) is 16.0 Å². The minimum absolute atomic E-state index is 0.128. The molecule has 0 unspecified atom stereocenters. The summed E-state index contributed by atoms with van der Waals surface area (Å²) in [5, 5.41) is 1.90. The number of para-hydroxylation sites is 1. The van der Waals surface area contributed by atoms with Gasteiger partial charge in [-0.15, -0.1) is 0 Å². The van der Waals surface area contributed by atoms with Gasteiger partial charge in [0.1, 0.15) is 4.32 Å². The van der Waals surface area contributed by atoms with E-state index in [-0.39, 0.29) is 24.8 Å². The van der Waals surface area contributed by atoms with Crippen molar-refractivity contribution in [2.45, 2.75) is 19.3 Å². The maximum atomic E-state index is 12.8. The van der Waals surface area contributed by atoms with E-state index in [9.17, 15) is 9.59 Å². The van der Waals surface area contributed by atoms with E-state index in [1.165, 1.54) is 22.2 Å². The number of rotatable bonds is 5. The lowest BCUT2D eigenvalue weighted by atomic mass is 10.0. The molecular formula is C22H20BrN3O2S2. The van der Waals surface area contributed by atoms with Crippen molar-refractivity contribution >= 4 is 67.8 Å². The zero-order chi connectivity index (χ0) is 21.1. The van der Waals surface area contributed by atoms with Gasteiger partial charge >= 0.3 is 0 Å². The Balaban J connectivity index is 1.36. The van der Waals surface area contributed by atoms with Gasteiger partial charge in [0.2, 0.25) is 5.91 Å². The van der Waals surface area contributed by atoms with Crippen LogP contribution < -0.4 is 10.4 Å². The van der Waals surface area contributed by atoms with Crippen LogP contribution in [0, 0.1) is 0 Å². The first kappa shape index (κ1) is 21.1. The second-order valence-corrected chi connectivity index (χ2v) is 9.65. The molecule has 0 spiro atoms. The molecule has 2 aromatic carbocycles. The molecule has 1 saturated heterocycles. The average molecular weight is 502 g/mol. The molecule has 0 aromatic heterocycles. The van der Waals surface area contributed by atoms with Gasteiger partial charge in [0.25, 0.3) is 5.91 Å². The van der Waals surface area contributed by atoms with Crippen molar-refractivity contribution in [1.82, 2.24) is 10.3 Å². The Kier molecular flexibility index (Phi) is 6.55. The molecule has 4 rings (SSSR count). The van der Waals surface area contributed by atoms with Gasteiger partial charge in [0.15, 0.2) is 0 Å². The Hall–Kier alpha value is -2.16. The molecule has 30 heavy (non-hydrogen) atoms. The third-order valence-electron chi connectivity index (χ3n) is 4.95. The predicted molar refractivity (Wildman–Crippen MR) is 129 cm³/mol. The SMILES string of the molecule is O=C(CCN1C(=O)C(=Cc2cccc(Br)c2)SC1=S)NN1CCCc2ccccc21. The third kappa shape index (κ3) is 4.77. The first-order chi connectivity index (χ1) is 14.5. The number of benzene rings is 2. The lowest BCUT2D eigenvalue weighted by molar-refractivity contribution is -0.123. The number of nitrogens with one attached hydrogen (secondary N) is 1. The highest BCUT2D eigenvalue weighted by atomic mass is 79.9. The zero-order valence-corrected chi connectivity index (χ0v) is 19.4. The lowest BCUT2D eigenvalue weighted by Gasteiger charge is -2.31. The summed E-state index contributed by atoms with van der Waals surface area (Å²) >= 11 is 10.1. The number of carbonyl (C=O) groups is 2. The summed E-state index contributed by atoms with van der Waals surface area (Å²) in [7, 11) is 0. The van der Waals surface area contributed by atoms with Gasteiger partial charge in [0.05, 0.1) is 10.6 Å². The minimum atomic E-state index is -0.152. The molecule has 0 bridgehead atoms. The molecule has 5 nitrogen and oxygen atoms in total. The summed E-state index contributed by atoms with van der Waals surface area (Å²) in [6, 6.07) is 15.8. The van der Waals surface area contributed by atoms with E-state index >= 15 is 0 Å². The average Bonchev–Trinajstić information content (AvgIpc) is 2.99. The van der Waals surface area contributed by atoms with Crippen molar-refractivity contribution in [3.63, 3.8) is 0 Å². The number of halogens is 1.